The van der Waals surface area contributed by atoms with Gasteiger partial charge >= 0.3 is 0 Å². The minimum absolute atomic E-state index is 0.815. The van der Waals surface area contributed by atoms with E-state index < -0.39 is 0 Å². The highest BCUT2D eigenvalue weighted by Crippen LogP contribution is 2.25. The monoisotopic (exact) mass is 339 g/mol. The summed E-state index contributed by atoms with van der Waals surface area (Å²) in [5.41, 5.74) is 1.07. The molecule has 0 N–H and O–H groups in total. The summed E-state index contributed by atoms with van der Waals surface area (Å²) in [6, 6.07) is 12.4. The van der Waals surface area contributed by atoms with Crippen LogP contribution in [0, 0.1) is 0 Å². The molecule has 1 fully saturated rings. The van der Waals surface area contributed by atoms with E-state index in [1.165, 1.54) is 12.8 Å². The van der Waals surface area contributed by atoms with Crippen molar-refractivity contribution < 1.29 is 0 Å². The first-order chi connectivity index (χ1) is 12.2. The predicted molar refractivity (Wildman–Crippen MR) is 105 cm³/mol. The first kappa shape index (κ1) is 17.7. The Bertz CT molecular complexity index is 665. The van der Waals surface area contributed by atoms with Gasteiger partial charge in [0.25, 0.3) is 0 Å². The largest absolute Gasteiger partial charge is 0.359 e. The minimum atomic E-state index is 0.815. The number of hydrogen-bond donors (Lipinski definition) is 0. The van der Waals surface area contributed by atoms with Crippen molar-refractivity contribution in [2.45, 2.75) is 19.8 Å². The van der Waals surface area contributed by atoms with Gasteiger partial charge in [0.15, 0.2) is 5.82 Å². The van der Waals surface area contributed by atoms with Crippen LogP contribution in [0.25, 0.3) is 11.4 Å². The van der Waals surface area contributed by atoms with E-state index in [0.717, 1.165) is 55.7 Å². The van der Waals surface area contributed by atoms with Gasteiger partial charge in [-0.3, -0.25) is 0 Å². The van der Waals surface area contributed by atoms with Crippen molar-refractivity contribution >= 4 is 11.6 Å². The van der Waals surface area contributed by atoms with Crippen molar-refractivity contribution in [3.8, 4) is 11.4 Å². The number of benzene rings is 1. The van der Waals surface area contributed by atoms with Gasteiger partial charge in [-0.15, -0.1) is 0 Å². The van der Waals surface area contributed by atoms with Crippen LogP contribution in [0.4, 0.5) is 11.6 Å². The number of piperazine rings is 1. The van der Waals surface area contributed by atoms with E-state index >= 15 is 0 Å². The zero-order chi connectivity index (χ0) is 17.6. The second kappa shape index (κ2) is 8.30. The molecule has 2 aromatic rings. The second-order valence-corrected chi connectivity index (χ2v) is 6.84. The third kappa shape index (κ3) is 4.48. The molecule has 5 nitrogen and oxygen atoms in total. The van der Waals surface area contributed by atoms with Crippen LogP contribution < -0.4 is 9.80 Å². The zero-order valence-corrected chi connectivity index (χ0v) is 15.6. The first-order valence-corrected chi connectivity index (χ1v) is 9.26. The molecule has 0 atom stereocenters. The maximum atomic E-state index is 4.88. The third-order valence-electron chi connectivity index (χ3n) is 4.80. The van der Waals surface area contributed by atoms with Crippen molar-refractivity contribution in [3.05, 3.63) is 36.4 Å². The molecule has 134 valence electrons. The number of nitrogens with zero attached hydrogens (tertiary/aromatic N) is 5. The molecule has 0 saturated carbocycles. The Morgan fingerprint density at radius 1 is 1.04 bits per heavy atom. The Labute approximate surface area is 151 Å². The molecule has 0 aliphatic carbocycles. The Kier molecular flexibility index (Phi) is 5.87. The van der Waals surface area contributed by atoms with Crippen LogP contribution in [-0.2, 0) is 0 Å². The highest BCUT2D eigenvalue weighted by Gasteiger charge is 2.18. The molecule has 3 rings (SSSR count). The Hall–Kier alpha value is -2.14. The molecule has 0 unspecified atom stereocenters. The molecule has 25 heavy (non-hydrogen) atoms. The maximum Gasteiger partial charge on any atom is 0.163 e. The molecule has 0 radical (unpaired) electrons. The summed E-state index contributed by atoms with van der Waals surface area (Å²) in [5, 5.41) is 0. The summed E-state index contributed by atoms with van der Waals surface area (Å²) in [4.78, 5) is 16.7. The van der Waals surface area contributed by atoms with Crippen LogP contribution in [0.3, 0.4) is 0 Å². The fraction of sp³-hybridized carbons (Fsp3) is 0.500. The van der Waals surface area contributed by atoms with E-state index in [9.17, 15) is 0 Å². The molecule has 5 heteroatoms. The quantitative estimate of drug-likeness (QED) is 0.808. The van der Waals surface area contributed by atoms with E-state index in [1.807, 2.05) is 18.2 Å². The Balaban J connectivity index is 1.93. The molecular weight excluding hydrogens is 310 g/mol. The van der Waals surface area contributed by atoms with Crippen LogP contribution >= 0.6 is 0 Å². The average molecular weight is 339 g/mol. The zero-order valence-electron chi connectivity index (χ0n) is 15.6. The molecular formula is C20H29N5. The van der Waals surface area contributed by atoms with Crippen LogP contribution in [0.5, 0.6) is 0 Å². The molecule has 1 saturated heterocycles. The third-order valence-corrected chi connectivity index (χ3v) is 4.80. The van der Waals surface area contributed by atoms with E-state index in [1.54, 1.807) is 0 Å². The van der Waals surface area contributed by atoms with Gasteiger partial charge in [0.2, 0.25) is 0 Å². The SMILES string of the molecule is CCCCN(C)c1cc(N2CCN(C)CC2)nc(-c2ccccc2)n1. The number of aromatic nitrogens is 2. The summed E-state index contributed by atoms with van der Waals surface area (Å²) in [6.45, 7) is 7.42. The van der Waals surface area contributed by atoms with Crippen LogP contribution in [0.2, 0.25) is 0 Å². The number of anilines is 2. The molecule has 1 aliphatic rings. The van der Waals surface area contributed by atoms with Crippen molar-refractivity contribution in [2.24, 2.45) is 0 Å². The Morgan fingerprint density at radius 3 is 2.44 bits per heavy atom. The number of unbranched alkanes of at least 4 members (excludes halogenated alkanes) is 1. The van der Waals surface area contributed by atoms with Crippen molar-refractivity contribution in [1.82, 2.24) is 14.9 Å². The van der Waals surface area contributed by atoms with E-state index in [-0.39, 0.29) is 0 Å². The fourth-order valence-corrected chi connectivity index (χ4v) is 3.04. The molecule has 0 spiro atoms. The molecule has 0 amide bonds. The lowest BCUT2D eigenvalue weighted by Gasteiger charge is -2.33. The van der Waals surface area contributed by atoms with Gasteiger partial charge in [0.05, 0.1) is 0 Å². The predicted octanol–water partition coefficient (Wildman–Crippen LogP) is 3.13. The van der Waals surface area contributed by atoms with Gasteiger partial charge in [-0.2, -0.15) is 0 Å². The first-order valence-electron chi connectivity index (χ1n) is 9.26. The Morgan fingerprint density at radius 2 is 1.76 bits per heavy atom. The standard InChI is InChI=1S/C20H29N5/c1-4-5-11-24(3)18-16-19(25-14-12-23(2)13-15-25)22-20(21-18)17-9-7-6-8-10-17/h6-10,16H,4-5,11-15H2,1-3H3. The van der Waals surface area contributed by atoms with Gasteiger partial charge in [-0.25, -0.2) is 9.97 Å². The van der Waals surface area contributed by atoms with E-state index in [4.69, 9.17) is 9.97 Å². The summed E-state index contributed by atoms with van der Waals surface area (Å²) in [6.07, 6.45) is 2.36. The smallest absolute Gasteiger partial charge is 0.163 e. The van der Waals surface area contributed by atoms with Crippen LogP contribution in [0.15, 0.2) is 36.4 Å². The average Bonchev–Trinajstić information content (AvgIpc) is 2.67. The lowest BCUT2D eigenvalue weighted by Crippen LogP contribution is -2.45. The van der Waals surface area contributed by atoms with Gasteiger partial charge < -0.3 is 14.7 Å². The fourth-order valence-electron chi connectivity index (χ4n) is 3.04. The minimum Gasteiger partial charge on any atom is -0.359 e. The molecule has 1 aromatic heterocycles. The number of hydrogen-bond acceptors (Lipinski definition) is 5. The van der Waals surface area contributed by atoms with Gasteiger partial charge in [-0.05, 0) is 13.5 Å². The van der Waals surface area contributed by atoms with E-state index in [2.05, 4.69) is 53.9 Å². The van der Waals surface area contributed by atoms with Crippen LogP contribution in [-0.4, -0.2) is 61.7 Å². The lowest BCUT2D eigenvalue weighted by molar-refractivity contribution is 0.312. The highest BCUT2D eigenvalue weighted by atomic mass is 15.3. The summed E-state index contributed by atoms with van der Waals surface area (Å²) >= 11 is 0. The van der Waals surface area contributed by atoms with E-state index in [0.29, 0.717) is 0 Å². The van der Waals surface area contributed by atoms with Gasteiger partial charge in [0, 0.05) is 51.4 Å². The summed E-state index contributed by atoms with van der Waals surface area (Å²) < 4.78 is 0. The summed E-state index contributed by atoms with van der Waals surface area (Å²) in [5.74, 6) is 2.87. The van der Waals surface area contributed by atoms with Gasteiger partial charge in [-0.1, -0.05) is 43.7 Å². The second-order valence-electron chi connectivity index (χ2n) is 6.84. The lowest BCUT2D eigenvalue weighted by atomic mass is 10.2. The summed E-state index contributed by atoms with van der Waals surface area (Å²) in [7, 11) is 4.30. The van der Waals surface area contributed by atoms with Crippen molar-refractivity contribution in [3.63, 3.8) is 0 Å². The number of rotatable bonds is 6. The highest BCUT2D eigenvalue weighted by molar-refractivity contribution is 5.62. The molecule has 0 bridgehead atoms. The van der Waals surface area contributed by atoms with Crippen molar-refractivity contribution in [2.75, 3.05) is 56.6 Å². The maximum absolute atomic E-state index is 4.88. The molecule has 1 aromatic carbocycles. The van der Waals surface area contributed by atoms with Crippen molar-refractivity contribution in [1.29, 1.82) is 0 Å². The van der Waals surface area contributed by atoms with Crippen LogP contribution in [0.1, 0.15) is 19.8 Å². The number of likely N-dealkylation sites (N-methyl/N-ethyl adjacent to an activating group) is 1. The normalized spacial score (nSPS) is 15.4. The molecule has 1 aliphatic heterocycles. The topological polar surface area (TPSA) is 35.5 Å². The molecule has 2 heterocycles. The van der Waals surface area contributed by atoms with Gasteiger partial charge in [0.1, 0.15) is 11.6 Å².